The number of methoxy groups -OCH3 is 3. The van der Waals surface area contributed by atoms with E-state index >= 15 is 0 Å². The number of rotatable bonds is 10. The number of ether oxygens (including phenoxy) is 3. The second-order valence-corrected chi connectivity index (χ2v) is 10.3. The quantitative estimate of drug-likeness (QED) is 0.227. The molecule has 0 saturated carbocycles. The summed E-state index contributed by atoms with van der Waals surface area (Å²) >= 11 is 2.80. The van der Waals surface area contributed by atoms with Gasteiger partial charge >= 0.3 is 0 Å². The molecule has 0 saturated heterocycles. The van der Waals surface area contributed by atoms with E-state index in [9.17, 15) is 9.59 Å². The summed E-state index contributed by atoms with van der Waals surface area (Å²) in [6, 6.07) is 19.9. The zero-order valence-electron chi connectivity index (χ0n) is 21.3. The highest BCUT2D eigenvalue weighted by molar-refractivity contribution is 8.00. The summed E-state index contributed by atoms with van der Waals surface area (Å²) in [6.07, 6.45) is 0. The van der Waals surface area contributed by atoms with Gasteiger partial charge < -0.3 is 24.8 Å². The summed E-state index contributed by atoms with van der Waals surface area (Å²) in [5.41, 5.74) is 2.83. The Hall–Kier alpha value is -4.02. The van der Waals surface area contributed by atoms with E-state index in [0.717, 1.165) is 21.9 Å². The van der Waals surface area contributed by atoms with Crippen molar-refractivity contribution in [1.29, 1.82) is 0 Å². The van der Waals surface area contributed by atoms with Crippen LogP contribution in [0.25, 0.3) is 11.3 Å². The van der Waals surface area contributed by atoms with Crippen LogP contribution in [0.15, 0.2) is 77.0 Å². The number of nitrogens with one attached hydrogen (secondary N) is 2. The summed E-state index contributed by atoms with van der Waals surface area (Å²) in [5, 5.41) is 7.86. The molecule has 1 aromatic heterocycles. The molecule has 1 atom stereocenters. The molecule has 3 aromatic carbocycles. The van der Waals surface area contributed by atoms with Gasteiger partial charge in [0.1, 0.15) is 5.75 Å². The number of thiazole rings is 1. The fourth-order valence-electron chi connectivity index (χ4n) is 3.49. The van der Waals surface area contributed by atoms with Gasteiger partial charge in [-0.2, -0.15) is 0 Å². The van der Waals surface area contributed by atoms with Crippen LogP contribution in [0, 0.1) is 0 Å². The summed E-state index contributed by atoms with van der Waals surface area (Å²) in [6.45, 7) is 1.84. The first kappa shape index (κ1) is 27.0. The van der Waals surface area contributed by atoms with Crippen molar-refractivity contribution in [3.05, 3.63) is 77.7 Å². The smallest absolute Gasteiger partial charge is 0.255 e. The number of thioether (sulfide) groups is 1. The molecule has 0 fully saturated rings. The first-order chi connectivity index (χ1) is 18.4. The van der Waals surface area contributed by atoms with Crippen molar-refractivity contribution in [3.8, 4) is 28.5 Å². The van der Waals surface area contributed by atoms with Gasteiger partial charge in [0.15, 0.2) is 16.6 Å². The molecule has 0 aliphatic heterocycles. The third kappa shape index (κ3) is 6.64. The standard InChI is InChI=1S/C28H27N3O5S2/c1-17(26(32)31-28-30-23(16-37-28)18-5-10-21(34-2)11-6-18)38-22-12-8-20(9-13-22)29-27(33)19-7-14-24(35-3)25(15-19)36-4/h5-17H,1-4H3,(H,29,33)(H,30,31,32). The van der Waals surface area contributed by atoms with Crippen LogP contribution in [-0.4, -0.2) is 43.4 Å². The SMILES string of the molecule is COc1ccc(-c2csc(NC(=O)C(C)Sc3ccc(NC(=O)c4ccc(OC)c(OC)c4)cc3)n2)cc1. The van der Waals surface area contributed by atoms with E-state index in [1.165, 1.54) is 30.2 Å². The molecule has 4 rings (SSSR count). The van der Waals surface area contributed by atoms with Crippen LogP contribution >= 0.6 is 23.1 Å². The summed E-state index contributed by atoms with van der Waals surface area (Å²) < 4.78 is 15.7. The Balaban J connectivity index is 1.31. The van der Waals surface area contributed by atoms with E-state index in [-0.39, 0.29) is 17.1 Å². The number of nitrogens with zero attached hydrogens (tertiary/aromatic N) is 1. The summed E-state index contributed by atoms with van der Waals surface area (Å²) in [5.74, 6) is 1.40. The molecule has 4 aromatic rings. The average Bonchev–Trinajstić information content (AvgIpc) is 3.42. The monoisotopic (exact) mass is 549 g/mol. The lowest BCUT2D eigenvalue weighted by Gasteiger charge is -2.12. The molecular formula is C28H27N3O5S2. The number of hydrogen-bond acceptors (Lipinski definition) is 8. The highest BCUT2D eigenvalue weighted by atomic mass is 32.2. The lowest BCUT2D eigenvalue weighted by atomic mass is 10.2. The zero-order chi connectivity index (χ0) is 27.1. The second kappa shape index (κ2) is 12.5. The van der Waals surface area contributed by atoms with Crippen molar-refractivity contribution in [2.75, 3.05) is 32.0 Å². The molecule has 10 heteroatoms. The number of aromatic nitrogens is 1. The Morgan fingerprint density at radius 1 is 0.868 bits per heavy atom. The molecular weight excluding hydrogens is 522 g/mol. The first-order valence-electron chi connectivity index (χ1n) is 11.6. The molecule has 38 heavy (non-hydrogen) atoms. The minimum absolute atomic E-state index is 0.142. The van der Waals surface area contributed by atoms with E-state index in [2.05, 4.69) is 15.6 Å². The predicted octanol–water partition coefficient (Wildman–Crippen LogP) is 6.21. The molecule has 0 aliphatic carbocycles. The first-order valence-corrected chi connectivity index (χ1v) is 13.4. The van der Waals surface area contributed by atoms with Crippen molar-refractivity contribution < 1.29 is 23.8 Å². The van der Waals surface area contributed by atoms with Gasteiger partial charge in [-0.05, 0) is 73.7 Å². The Labute approximate surface area is 229 Å². The number of carbonyl (C=O) groups excluding carboxylic acids is 2. The largest absolute Gasteiger partial charge is 0.497 e. The second-order valence-electron chi connectivity index (χ2n) is 8.06. The third-order valence-electron chi connectivity index (χ3n) is 5.56. The van der Waals surface area contributed by atoms with Gasteiger partial charge in [0.25, 0.3) is 5.91 Å². The summed E-state index contributed by atoms with van der Waals surface area (Å²) in [7, 11) is 4.69. The molecule has 8 nitrogen and oxygen atoms in total. The van der Waals surface area contributed by atoms with E-state index in [0.29, 0.717) is 27.9 Å². The van der Waals surface area contributed by atoms with Crippen molar-refractivity contribution in [3.63, 3.8) is 0 Å². The van der Waals surface area contributed by atoms with Gasteiger partial charge in [0, 0.05) is 27.1 Å². The van der Waals surface area contributed by atoms with Crippen LogP contribution in [0.5, 0.6) is 17.2 Å². The third-order valence-corrected chi connectivity index (χ3v) is 7.43. The number of amides is 2. The van der Waals surface area contributed by atoms with Crippen LogP contribution in [-0.2, 0) is 4.79 Å². The van der Waals surface area contributed by atoms with Gasteiger partial charge in [-0.25, -0.2) is 4.98 Å². The minimum Gasteiger partial charge on any atom is -0.497 e. The van der Waals surface area contributed by atoms with Crippen molar-refractivity contribution in [2.45, 2.75) is 17.1 Å². The van der Waals surface area contributed by atoms with Crippen molar-refractivity contribution in [2.24, 2.45) is 0 Å². The van der Waals surface area contributed by atoms with Crippen LogP contribution in [0.4, 0.5) is 10.8 Å². The van der Waals surface area contributed by atoms with Gasteiger partial charge in [0.2, 0.25) is 5.91 Å². The van der Waals surface area contributed by atoms with Gasteiger partial charge in [0.05, 0.1) is 32.3 Å². The van der Waals surface area contributed by atoms with E-state index in [4.69, 9.17) is 14.2 Å². The fourth-order valence-corrected chi connectivity index (χ4v) is 5.08. The maximum absolute atomic E-state index is 12.8. The van der Waals surface area contributed by atoms with E-state index in [1.54, 1.807) is 44.6 Å². The average molecular weight is 550 g/mol. The van der Waals surface area contributed by atoms with Gasteiger partial charge in [-0.15, -0.1) is 23.1 Å². The highest BCUT2D eigenvalue weighted by Gasteiger charge is 2.17. The van der Waals surface area contributed by atoms with E-state index in [1.807, 2.05) is 48.7 Å². The lowest BCUT2D eigenvalue weighted by molar-refractivity contribution is -0.115. The molecule has 196 valence electrons. The van der Waals surface area contributed by atoms with Crippen LogP contribution in [0.1, 0.15) is 17.3 Å². The fraction of sp³-hybridized carbons (Fsp3) is 0.179. The van der Waals surface area contributed by atoms with Crippen molar-refractivity contribution in [1.82, 2.24) is 4.98 Å². The minimum atomic E-state index is -0.351. The Morgan fingerprint density at radius 2 is 1.58 bits per heavy atom. The number of hydrogen-bond donors (Lipinski definition) is 2. The maximum Gasteiger partial charge on any atom is 0.255 e. The zero-order valence-corrected chi connectivity index (χ0v) is 22.9. The Morgan fingerprint density at radius 3 is 2.24 bits per heavy atom. The molecule has 0 bridgehead atoms. The predicted molar refractivity (Wildman–Crippen MR) is 152 cm³/mol. The lowest BCUT2D eigenvalue weighted by Crippen LogP contribution is -2.22. The molecule has 0 radical (unpaired) electrons. The van der Waals surface area contributed by atoms with E-state index < -0.39 is 0 Å². The number of anilines is 2. The molecule has 0 aliphatic rings. The molecule has 0 spiro atoms. The van der Waals surface area contributed by atoms with Crippen molar-refractivity contribution >= 4 is 45.7 Å². The Bertz CT molecular complexity index is 1410. The maximum atomic E-state index is 12.8. The van der Waals surface area contributed by atoms with Crippen LogP contribution in [0.3, 0.4) is 0 Å². The highest BCUT2D eigenvalue weighted by Crippen LogP contribution is 2.30. The van der Waals surface area contributed by atoms with Gasteiger partial charge in [-0.1, -0.05) is 0 Å². The van der Waals surface area contributed by atoms with Crippen LogP contribution < -0.4 is 24.8 Å². The molecule has 1 unspecified atom stereocenters. The number of carbonyl (C=O) groups is 2. The molecule has 2 N–H and O–H groups in total. The van der Waals surface area contributed by atoms with Gasteiger partial charge in [-0.3, -0.25) is 9.59 Å². The Kier molecular flexibility index (Phi) is 8.88. The normalized spacial score (nSPS) is 11.4. The topological polar surface area (TPSA) is 98.8 Å². The molecule has 1 heterocycles. The number of benzene rings is 3. The van der Waals surface area contributed by atoms with Crippen LogP contribution in [0.2, 0.25) is 0 Å². The summed E-state index contributed by atoms with van der Waals surface area (Å²) in [4.78, 5) is 30.8. The molecule has 2 amide bonds.